The molecule has 0 spiro atoms. The topological polar surface area (TPSA) is 20.3 Å². The zero-order valence-corrected chi connectivity index (χ0v) is 10.6. The van der Waals surface area contributed by atoms with E-state index in [1.165, 1.54) is 6.07 Å². The van der Waals surface area contributed by atoms with Crippen molar-refractivity contribution in [1.82, 2.24) is 4.90 Å². The average Bonchev–Trinajstić information content (AvgIpc) is 2.35. The average molecular weight is 237 g/mol. The molecule has 94 valence electrons. The van der Waals surface area contributed by atoms with E-state index >= 15 is 0 Å². The molecule has 1 rings (SSSR count). The van der Waals surface area contributed by atoms with Crippen molar-refractivity contribution in [3.8, 4) is 0 Å². The Morgan fingerprint density at radius 3 is 2.53 bits per heavy atom. The molecule has 0 unspecified atom stereocenters. The molecule has 3 heteroatoms. The van der Waals surface area contributed by atoms with Gasteiger partial charge in [0.05, 0.1) is 5.56 Å². The van der Waals surface area contributed by atoms with Gasteiger partial charge in [0.25, 0.3) is 5.91 Å². The highest BCUT2D eigenvalue weighted by atomic mass is 19.1. The summed E-state index contributed by atoms with van der Waals surface area (Å²) in [6.07, 6.45) is 3.19. The molecule has 0 saturated carbocycles. The van der Waals surface area contributed by atoms with Crippen LogP contribution in [-0.2, 0) is 0 Å². The first-order chi connectivity index (χ1) is 8.20. The lowest BCUT2D eigenvalue weighted by atomic mass is 10.1. The van der Waals surface area contributed by atoms with Crippen molar-refractivity contribution < 1.29 is 9.18 Å². The standard InChI is InChI=1S/C14H20FNO/c1-3-5-8-11-16(4-2)14(17)12-9-6-7-10-13(12)15/h6-7,9-10H,3-5,8,11H2,1-2H3. The summed E-state index contributed by atoms with van der Waals surface area (Å²) >= 11 is 0. The van der Waals surface area contributed by atoms with E-state index in [1.54, 1.807) is 23.1 Å². The fraction of sp³-hybridized carbons (Fsp3) is 0.500. The van der Waals surface area contributed by atoms with Gasteiger partial charge in [-0.2, -0.15) is 0 Å². The number of amides is 1. The fourth-order valence-electron chi connectivity index (χ4n) is 1.76. The van der Waals surface area contributed by atoms with E-state index < -0.39 is 5.82 Å². The molecule has 1 aromatic carbocycles. The van der Waals surface area contributed by atoms with Crippen LogP contribution in [0.3, 0.4) is 0 Å². The van der Waals surface area contributed by atoms with E-state index in [1.807, 2.05) is 6.92 Å². The van der Waals surface area contributed by atoms with Crippen molar-refractivity contribution >= 4 is 5.91 Å². The van der Waals surface area contributed by atoms with Crippen LogP contribution in [0.15, 0.2) is 24.3 Å². The highest BCUT2D eigenvalue weighted by Crippen LogP contribution is 2.11. The van der Waals surface area contributed by atoms with Gasteiger partial charge in [0.15, 0.2) is 0 Å². The summed E-state index contributed by atoms with van der Waals surface area (Å²) in [6, 6.07) is 6.16. The molecule has 0 saturated heterocycles. The number of hydrogen-bond donors (Lipinski definition) is 0. The number of carbonyl (C=O) groups is 1. The lowest BCUT2D eigenvalue weighted by molar-refractivity contribution is 0.0757. The van der Waals surface area contributed by atoms with E-state index in [-0.39, 0.29) is 11.5 Å². The minimum Gasteiger partial charge on any atom is -0.339 e. The largest absolute Gasteiger partial charge is 0.339 e. The van der Waals surface area contributed by atoms with E-state index in [0.29, 0.717) is 13.1 Å². The van der Waals surface area contributed by atoms with Gasteiger partial charge >= 0.3 is 0 Å². The molecule has 0 atom stereocenters. The monoisotopic (exact) mass is 237 g/mol. The van der Waals surface area contributed by atoms with Crippen molar-refractivity contribution in [1.29, 1.82) is 0 Å². The van der Waals surface area contributed by atoms with Gasteiger partial charge in [-0.05, 0) is 25.5 Å². The van der Waals surface area contributed by atoms with Crippen LogP contribution in [0, 0.1) is 5.82 Å². The fourth-order valence-corrected chi connectivity index (χ4v) is 1.76. The van der Waals surface area contributed by atoms with Crippen molar-refractivity contribution in [2.75, 3.05) is 13.1 Å². The summed E-state index contributed by atoms with van der Waals surface area (Å²) in [6.45, 7) is 5.37. The Labute approximate surface area is 102 Å². The van der Waals surface area contributed by atoms with E-state index in [0.717, 1.165) is 19.3 Å². The van der Waals surface area contributed by atoms with Crippen LogP contribution in [-0.4, -0.2) is 23.9 Å². The van der Waals surface area contributed by atoms with Crippen LogP contribution in [0.5, 0.6) is 0 Å². The maximum atomic E-state index is 13.5. The summed E-state index contributed by atoms with van der Waals surface area (Å²) in [4.78, 5) is 13.8. The number of hydrogen-bond acceptors (Lipinski definition) is 1. The van der Waals surface area contributed by atoms with E-state index in [4.69, 9.17) is 0 Å². The van der Waals surface area contributed by atoms with Crippen molar-refractivity contribution in [3.05, 3.63) is 35.6 Å². The molecular weight excluding hydrogens is 217 g/mol. The van der Waals surface area contributed by atoms with Crippen LogP contribution >= 0.6 is 0 Å². The lowest BCUT2D eigenvalue weighted by Crippen LogP contribution is -2.32. The van der Waals surface area contributed by atoms with Gasteiger partial charge in [0.2, 0.25) is 0 Å². The van der Waals surface area contributed by atoms with Crippen molar-refractivity contribution in [3.63, 3.8) is 0 Å². The Bertz CT molecular complexity index is 365. The first-order valence-corrected chi connectivity index (χ1v) is 6.24. The van der Waals surface area contributed by atoms with Gasteiger partial charge < -0.3 is 4.90 Å². The number of carbonyl (C=O) groups excluding carboxylic acids is 1. The molecule has 17 heavy (non-hydrogen) atoms. The van der Waals surface area contributed by atoms with Crippen molar-refractivity contribution in [2.24, 2.45) is 0 Å². The van der Waals surface area contributed by atoms with Gasteiger partial charge in [-0.3, -0.25) is 4.79 Å². The molecule has 2 nitrogen and oxygen atoms in total. The number of rotatable bonds is 6. The third kappa shape index (κ3) is 3.84. The molecule has 0 aliphatic heterocycles. The molecule has 0 fully saturated rings. The van der Waals surface area contributed by atoms with Gasteiger partial charge in [0.1, 0.15) is 5.82 Å². The second-order valence-corrected chi connectivity index (χ2v) is 4.07. The maximum absolute atomic E-state index is 13.5. The smallest absolute Gasteiger partial charge is 0.256 e. The second-order valence-electron chi connectivity index (χ2n) is 4.07. The van der Waals surface area contributed by atoms with Crippen LogP contribution in [0.2, 0.25) is 0 Å². The summed E-state index contributed by atoms with van der Waals surface area (Å²) in [5.74, 6) is -0.645. The first kappa shape index (κ1) is 13.7. The van der Waals surface area contributed by atoms with Gasteiger partial charge in [-0.1, -0.05) is 31.9 Å². The Balaban J connectivity index is 2.69. The maximum Gasteiger partial charge on any atom is 0.256 e. The highest BCUT2D eigenvalue weighted by Gasteiger charge is 2.16. The number of unbranched alkanes of at least 4 members (excludes halogenated alkanes) is 2. The third-order valence-electron chi connectivity index (χ3n) is 2.80. The summed E-state index contributed by atoms with van der Waals surface area (Å²) in [5, 5.41) is 0. The molecule has 1 aromatic rings. The normalized spacial score (nSPS) is 10.3. The molecule has 0 aromatic heterocycles. The Hall–Kier alpha value is -1.38. The zero-order chi connectivity index (χ0) is 12.7. The SMILES string of the molecule is CCCCCN(CC)C(=O)c1ccccc1F. The minimum absolute atomic E-state index is 0.172. The first-order valence-electron chi connectivity index (χ1n) is 6.24. The number of halogens is 1. The molecule has 0 aliphatic rings. The summed E-state index contributed by atoms with van der Waals surface area (Å²) < 4.78 is 13.5. The minimum atomic E-state index is -0.438. The summed E-state index contributed by atoms with van der Waals surface area (Å²) in [5.41, 5.74) is 0.172. The van der Waals surface area contributed by atoms with Gasteiger partial charge in [0, 0.05) is 13.1 Å². The molecule has 1 amide bonds. The van der Waals surface area contributed by atoms with Crippen LogP contribution < -0.4 is 0 Å². The summed E-state index contributed by atoms with van der Waals surface area (Å²) in [7, 11) is 0. The van der Waals surface area contributed by atoms with Crippen molar-refractivity contribution in [2.45, 2.75) is 33.1 Å². The zero-order valence-electron chi connectivity index (χ0n) is 10.6. The van der Waals surface area contributed by atoms with Gasteiger partial charge in [-0.15, -0.1) is 0 Å². The van der Waals surface area contributed by atoms with E-state index in [9.17, 15) is 9.18 Å². The van der Waals surface area contributed by atoms with Gasteiger partial charge in [-0.25, -0.2) is 4.39 Å². The second kappa shape index (κ2) is 7.05. The molecule has 0 radical (unpaired) electrons. The quantitative estimate of drug-likeness (QED) is 0.694. The van der Waals surface area contributed by atoms with Crippen LogP contribution in [0.1, 0.15) is 43.5 Å². The number of benzene rings is 1. The van der Waals surface area contributed by atoms with E-state index in [2.05, 4.69) is 6.92 Å². The molecule has 0 heterocycles. The Morgan fingerprint density at radius 1 is 1.24 bits per heavy atom. The van der Waals surface area contributed by atoms with Crippen LogP contribution in [0.25, 0.3) is 0 Å². The highest BCUT2D eigenvalue weighted by molar-refractivity contribution is 5.94. The lowest BCUT2D eigenvalue weighted by Gasteiger charge is -2.21. The molecular formula is C14H20FNO. The van der Waals surface area contributed by atoms with Crippen LogP contribution in [0.4, 0.5) is 4.39 Å². The predicted octanol–water partition coefficient (Wildman–Crippen LogP) is 3.48. The molecule has 0 bridgehead atoms. The third-order valence-corrected chi connectivity index (χ3v) is 2.80. The molecule has 0 aliphatic carbocycles. The Kier molecular flexibility index (Phi) is 5.67. The Morgan fingerprint density at radius 2 is 1.94 bits per heavy atom. The predicted molar refractivity (Wildman–Crippen MR) is 67.5 cm³/mol. The molecule has 0 N–H and O–H groups in total. The number of nitrogens with zero attached hydrogens (tertiary/aromatic N) is 1.